The number of rotatable bonds is 4. The Hall–Kier alpha value is -1.97. The highest BCUT2D eigenvalue weighted by Gasteiger charge is 2.10. The molecule has 0 amide bonds. The van der Waals surface area contributed by atoms with E-state index < -0.39 is 5.97 Å². The number of ether oxygens (including phenoxy) is 1. The molecular formula is C10H11NO3. The van der Waals surface area contributed by atoms with E-state index in [1.807, 2.05) is 0 Å². The average Bonchev–Trinajstić information content (AvgIpc) is 2.15. The van der Waals surface area contributed by atoms with Crippen LogP contribution < -0.4 is 10.5 Å². The molecule has 74 valence electrons. The number of benzene rings is 1. The molecule has 1 aromatic carbocycles. The monoisotopic (exact) mass is 193 g/mol. The smallest absolute Gasteiger partial charge is 0.339 e. The van der Waals surface area contributed by atoms with Crippen molar-refractivity contribution in [2.45, 2.75) is 0 Å². The van der Waals surface area contributed by atoms with Crippen molar-refractivity contribution in [3.63, 3.8) is 0 Å². The van der Waals surface area contributed by atoms with Crippen LogP contribution in [0.4, 0.5) is 5.69 Å². The number of carboxylic acids is 1. The summed E-state index contributed by atoms with van der Waals surface area (Å²) >= 11 is 0. The third kappa shape index (κ3) is 2.26. The molecule has 1 rings (SSSR count). The number of nitrogen functional groups attached to an aromatic ring is 1. The summed E-state index contributed by atoms with van der Waals surface area (Å²) in [5.74, 6) is -0.761. The first-order chi connectivity index (χ1) is 6.65. The molecule has 0 aliphatic carbocycles. The molecule has 0 aliphatic rings. The summed E-state index contributed by atoms with van der Waals surface area (Å²) in [6.45, 7) is 3.74. The van der Waals surface area contributed by atoms with Gasteiger partial charge < -0.3 is 15.6 Å². The van der Waals surface area contributed by atoms with E-state index in [0.717, 1.165) is 0 Å². The van der Waals surface area contributed by atoms with E-state index in [2.05, 4.69) is 6.58 Å². The van der Waals surface area contributed by atoms with Gasteiger partial charge in [0.05, 0.1) is 0 Å². The Morgan fingerprint density at radius 2 is 2.36 bits per heavy atom. The second kappa shape index (κ2) is 4.32. The maximum atomic E-state index is 10.8. The molecule has 1 aromatic rings. The molecular weight excluding hydrogens is 182 g/mol. The highest BCUT2D eigenvalue weighted by Crippen LogP contribution is 2.21. The van der Waals surface area contributed by atoms with Crippen LogP contribution in [-0.4, -0.2) is 17.7 Å². The topological polar surface area (TPSA) is 72.5 Å². The van der Waals surface area contributed by atoms with E-state index in [-0.39, 0.29) is 12.2 Å². The summed E-state index contributed by atoms with van der Waals surface area (Å²) in [5, 5.41) is 8.83. The van der Waals surface area contributed by atoms with Crippen molar-refractivity contribution in [1.29, 1.82) is 0 Å². The second-order valence-electron chi connectivity index (χ2n) is 2.66. The minimum absolute atomic E-state index is 0.0619. The van der Waals surface area contributed by atoms with Gasteiger partial charge in [-0.05, 0) is 18.2 Å². The third-order valence-corrected chi connectivity index (χ3v) is 1.59. The summed E-state index contributed by atoms with van der Waals surface area (Å²) in [7, 11) is 0. The van der Waals surface area contributed by atoms with Gasteiger partial charge in [-0.3, -0.25) is 0 Å². The Bertz CT molecular complexity index is 360. The van der Waals surface area contributed by atoms with E-state index in [1.165, 1.54) is 12.1 Å². The fourth-order valence-corrected chi connectivity index (χ4v) is 0.989. The van der Waals surface area contributed by atoms with Crippen LogP contribution in [-0.2, 0) is 0 Å². The van der Waals surface area contributed by atoms with Crippen LogP contribution >= 0.6 is 0 Å². The molecule has 14 heavy (non-hydrogen) atoms. The molecule has 0 heterocycles. The zero-order valence-corrected chi connectivity index (χ0v) is 7.56. The predicted molar refractivity (Wildman–Crippen MR) is 53.5 cm³/mol. The molecule has 3 N–H and O–H groups in total. The van der Waals surface area contributed by atoms with Crippen molar-refractivity contribution in [3.05, 3.63) is 36.4 Å². The molecule has 0 saturated heterocycles. The molecule has 0 bridgehead atoms. The van der Waals surface area contributed by atoms with Crippen molar-refractivity contribution in [2.24, 2.45) is 0 Å². The minimum atomic E-state index is -1.06. The molecule has 0 aliphatic heterocycles. The SMILES string of the molecule is C=CCOc1ccc(N)cc1C(=O)O. The fraction of sp³-hybridized carbons (Fsp3) is 0.100. The van der Waals surface area contributed by atoms with Crippen LogP contribution in [0.2, 0.25) is 0 Å². The molecule has 0 saturated carbocycles. The average molecular weight is 193 g/mol. The van der Waals surface area contributed by atoms with Crippen molar-refractivity contribution >= 4 is 11.7 Å². The normalized spacial score (nSPS) is 9.43. The van der Waals surface area contributed by atoms with E-state index in [1.54, 1.807) is 12.1 Å². The van der Waals surface area contributed by atoms with Crippen molar-refractivity contribution in [2.75, 3.05) is 12.3 Å². The van der Waals surface area contributed by atoms with Gasteiger partial charge in [-0.15, -0.1) is 0 Å². The van der Waals surface area contributed by atoms with E-state index in [9.17, 15) is 4.79 Å². The Kier molecular flexibility index (Phi) is 3.12. The third-order valence-electron chi connectivity index (χ3n) is 1.59. The van der Waals surface area contributed by atoms with Gasteiger partial charge in [0.1, 0.15) is 17.9 Å². The van der Waals surface area contributed by atoms with Crippen LogP contribution in [0.15, 0.2) is 30.9 Å². The molecule has 4 heteroatoms. The first-order valence-electron chi connectivity index (χ1n) is 4.01. The Balaban J connectivity index is 3.01. The van der Waals surface area contributed by atoms with Crippen LogP contribution in [0, 0.1) is 0 Å². The number of hydrogen-bond acceptors (Lipinski definition) is 3. The lowest BCUT2D eigenvalue weighted by Crippen LogP contribution is -2.04. The van der Waals surface area contributed by atoms with Crippen LogP contribution in [0.3, 0.4) is 0 Å². The quantitative estimate of drug-likeness (QED) is 0.561. The lowest BCUT2D eigenvalue weighted by Gasteiger charge is -2.07. The van der Waals surface area contributed by atoms with Gasteiger partial charge in [-0.25, -0.2) is 4.79 Å². The Morgan fingerprint density at radius 1 is 1.64 bits per heavy atom. The van der Waals surface area contributed by atoms with Gasteiger partial charge in [-0.1, -0.05) is 12.7 Å². The summed E-state index contributed by atoms with van der Waals surface area (Å²) < 4.78 is 5.15. The van der Waals surface area contributed by atoms with Gasteiger partial charge in [0.2, 0.25) is 0 Å². The molecule has 0 fully saturated rings. The zero-order chi connectivity index (χ0) is 10.6. The molecule has 0 aromatic heterocycles. The van der Waals surface area contributed by atoms with Gasteiger partial charge in [0.15, 0.2) is 0 Å². The van der Waals surface area contributed by atoms with E-state index in [0.29, 0.717) is 11.4 Å². The largest absolute Gasteiger partial charge is 0.489 e. The highest BCUT2D eigenvalue weighted by molar-refractivity contribution is 5.92. The molecule has 4 nitrogen and oxygen atoms in total. The minimum Gasteiger partial charge on any atom is -0.489 e. The number of carbonyl (C=O) groups is 1. The van der Waals surface area contributed by atoms with E-state index in [4.69, 9.17) is 15.6 Å². The van der Waals surface area contributed by atoms with Crippen LogP contribution in [0.1, 0.15) is 10.4 Å². The Morgan fingerprint density at radius 3 is 2.93 bits per heavy atom. The lowest BCUT2D eigenvalue weighted by atomic mass is 10.2. The fourth-order valence-electron chi connectivity index (χ4n) is 0.989. The molecule has 0 radical (unpaired) electrons. The van der Waals surface area contributed by atoms with Crippen molar-refractivity contribution < 1.29 is 14.6 Å². The second-order valence-corrected chi connectivity index (χ2v) is 2.66. The Labute approximate surface area is 81.6 Å². The molecule has 0 unspecified atom stereocenters. The van der Waals surface area contributed by atoms with Crippen LogP contribution in [0.5, 0.6) is 5.75 Å². The van der Waals surface area contributed by atoms with Crippen molar-refractivity contribution in [1.82, 2.24) is 0 Å². The summed E-state index contributed by atoms with van der Waals surface area (Å²) in [5.41, 5.74) is 5.91. The van der Waals surface area contributed by atoms with Gasteiger partial charge >= 0.3 is 5.97 Å². The maximum absolute atomic E-state index is 10.8. The molecule has 0 atom stereocenters. The number of aromatic carboxylic acids is 1. The highest BCUT2D eigenvalue weighted by atomic mass is 16.5. The van der Waals surface area contributed by atoms with Gasteiger partial charge in [-0.2, -0.15) is 0 Å². The maximum Gasteiger partial charge on any atom is 0.339 e. The summed E-state index contributed by atoms with van der Waals surface area (Å²) in [4.78, 5) is 10.8. The summed E-state index contributed by atoms with van der Waals surface area (Å²) in [6.07, 6.45) is 1.54. The predicted octanol–water partition coefficient (Wildman–Crippen LogP) is 1.53. The first-order valence-corrected chi connectivity index (χ1v) is 4.01. The number of nitrogens with two attached hydrogens (primary N) is 1. The first kappa shape index (κ1) is 10.1. The standard InChI is InChI=1S/C10H11NO3/c1-2-5-14-9-4-3-7(11)6-8(9)10(12)13/h2-4,6H,1,5,11H2,(H,12,13). The van der Waals surface area contributed by atoms with Crippen molar-refractivity contribution in [3.8, 4) is 5.75 Å². The van der Waals surface area contributed by atoms with E-state index >= 15 is 0 Å². The number of hydrogen-bond donors (Lipinski definition) is 2. The van der Waals surface area contributed by atoms with Gasteiger partial charge in [0.25, 0.3) is 0 Å². The lowest BCUT2D eigenvalue weighted by molar-refractivity contribution is 0.0693. The summed E-state index contributed by atoms with van der Waals surface area (Å²) in [6, 6.07) is 4.48. The number of carboxylic acid groups (broad SMARTS) is 1. The van der Waals surface area contributed by atoms with Crippen LogP contribution in [0.25, 0.3) is 0 Å². The number of anilines is 1. The molecule has 0 spiro atoms. The van der Waals surface area contributed by atoms with Gasteiger partial charge in [0, 0.05) is 5.69 Å². The zero-order valence-electron chi connectivity index (χ0n) is 7.56.